The smallest absolute Gasteiger partial charge is 0.343 e. The van der Waals surface area contributed by atoms with Crippen molar-refractivity contribution in [2.45, 2.75) is 58.7 Å². The maximum atomic E-state index is 12.1. The fourth-order valence-electron chi connectivity index (χ4n) is 1.66. The van der Waals surface area contributed by atoms with E-state index in [2.05, 4.69) is 9.47 Å². The molecule has 0 saturated carbocycles. The molecule has 0 aromatic rings. The van der Waals surface area contributed by atoms with Gasteiger partial charge in [-0.1, -0.05) is 18.6 Å². The largest absolute Gasteiger partial charge is 0.411 e. The van der Waals surface area contributed by atoms with Crippen LogP contribution >= 0.6 is 0 Å². The summed E-state index contributed by atoms with van der Waals surface area (Å²) in [5, 5.41) is 0. The molecule has 0 aliphatic heterocycles. The molecule has 0 aromatic heterocycles. The molecule has 0 amide bonds. The van der Waals surface area contributed by atoms with Gasteiger partial charge in [0.1, 0.15) is 13.2 Å². The normalized spacial score (nSPS) is 14.3. The quantitative estimate of drug-likeness (QED) is 0.325. The minimum absolute atomic E-state index is 0.0250. The Morgan fingerprint density at radius 2 is 1.41 bits per heavy atom. The summed E-state index contributed by atoms with van der Waals surface area (Å²) in [7, 11) is 0. The third kappa shape index (κ3) is 14.2. The highest BCUT2D eigenvalue weighted by Gasteiger charge is 2.33. The third-order valence-corrected chi connectivity index (χ3v) is 2.67. The SMILES string of the molecule is CC(C)=CCCC(C)CC(OCC(F)(F)F)OCC(F)(F)F. The highest BCUT2D eigenvalue weighted by molar-refractivity contribution is 4.92. The van der Waals surface area contributed by atoms with Crippen molar-refractivity contribution in [3.8, 4) is 0 Å². The molecule has 0 N–H and O–H groups in total. The van der Waals surface area contributed by atoms with Crippen molar-refractivity contribution < 1.29 is 35.8 Å². The summed E-state index contributed by atoms with van der Waals surface area (Å²) >= 11 is 0. The van der Waals surface area contributed by atoms with Gasteiger partial charge >= 0.3 is 12.4 Å². The molecule has 8 heteroatoms. The molecule has 0 heterocycles. The zero-order chi connectivity index (χ0) is 17.4. The van der Waals surface area contributed by atoms with E-state index in [-0.39, 0.29) is 12.3 Å². The number of alkyl halides is 6. The van der Waals surface area contributed by atoms with Crippen molar-refractivity contribution >= 4 is 0 Å². The fourth-order valence-corrected chi connectivity index (χ4v) is 1.66. The van der Waals surface area contributed by atoms with E-state index >= 15 is 0 Å². The second kappa shape index (κ2) is 9.39. The van der Waals surface area contributed by atoms with Crippen molar-refractivity contribution in [2.24, 2.45) is 5.92 Å². The van der Waals surface area contributed by atoms with Crippen molar-refractivity contribution in [1.82, 2.24) is 0 Å². The monoisotopic (exact) mass is 336 g/mol. The molecule has 22 heavy (non-hydrogen) atoms. The van der Waals surface area contributed by atoms with Gasteiger partial charge in [-0.25, -0.2) is 0 Å². The second-order valence-corrected chi connectivity index (χ2v) is 5.48. The molecule has 0 saturated heterocycles. The lowest BCUT2D eigenvalue weighted by Gasteiger charge is -2.23. The van der Waals surface area contributed by atoms with E-state index in [4.69, 9.17) is 0 Å². The van der Waals surface area contributed by atoms with Crippen molar-refractivity contribution in [3.63, 3.8) is 0 Å². The Balaban J connectivity index is 4.40. The molecule has 0 rings (SSSR count). The summed E-state index contributed by atoms with van der Waals surface area (Å²) in [4.78, 5) is 0. The van der Waals surface area contributed by atoms with Gasteiger partial charge in [-0.2, -0.15) is 26.3 Å². The molecule has 132 valence electrons. The Labute approximate surface area is 126 Å². The predicted molar refractivity (Wildman–Crippen MR) is 70.2 cm³/mol. The summed E-state index contributed by atoms with van der Waals surface area (Å²) in [6.45, 7) is 2.30. The molecule has 1 atom stereocenters. The van der Waals surface area contributed by atoms with Crippen LogP contribution in [0.3, 0.4) is 0 Å². The fraction of sp³-hybridized carbons (Fsp3) is 0.857. The van der Waals surface area contributed by atoms with E-state index in [9.17, 15) is 26.3 Å². The van der Waals surface area contributed by atoms with Gasteiger partial charge in [0, 0.05) is 6.42 Å². The lowest BCUT2D eigenvalue weighted by atomic mass is 10.0. The highest BCUT2D eigenvalue weighted by Crippen LogP contribution is 2.23. The second-order valence-electron chi connectivity index (χ2n) is 5.48. The molecule has 0 bridgehead atoms. The van der Waals surface area contributed by atoms with Gasteiger partial charge in [0.15, 0.2) is 6.29 Å². The molecule has 0 fully saturated rings. The Morgan fingerprint density at radius 1 is 0.955 bits per heavy atom. The Hall–Kier alpha value is -0.760. The molecule has 0 spiro atoms. The number of hydrogen-bond donors (Lipinski definition) is 0. The van der Waals surface area contributed by atoms with Crippen LogP contribution in [0.2, 0.25) is 0 Å². The first-order chi connectivity index (χ1) is 9.89. The van der Waals surface area contributed by atoms with Crippen LogP contribution in [-0.2, 0) is 9.47 Å². The van der Waals surface area contributed by atoms with Crippen molar-refractivity contribution in [2.75, 3.05) is 13.2 Å². The van der Waals surface area contributed by atoms with Crippen molar-refractivity contribution in [1.29, 1.82) is 0 Å². The van der Waals surface area contributed by atoms with Crippen LogP contribution in [0.5, 0.6) is 0 Å². The standard InChI is InChI=1S/C14H22F6O2/c1-10(2)5-4-6-11(3)7-12(21-8-13(15,16)17)22-9-14(18,19)20/h5,11-12H,4,6-9H2,1-3H3. The lowest BCUT2D eigenvalue weighted by Crippen LogP contribution is -2.30. The molecule has 0 aliphatic carbocycles. The van der Waals surface area contributed by atoms with Crippen LogP contribution in [0.4, 0.5) is 26.3 Å². The zero-order valence-corrected chi connectivity index (χ0v) is 12.9. The molecular weight excluding hydrogens is 314 g/mol. The van der Waals surface area contributed by atoms with Crippen molar-refractivity contribution in [3.05, 3.63) is 11.6 Å². The van der Waals surface area contributed by atoms with Crippen LogP contribution in [-0.4, -0.2) is 31.9 Å². The van der Waals surface area contributed by atoms with Gasteiger partial charge < -0.3 is 9.47 Å². The van der Waals surface area contributed by atoms with E-state index in [1.807, 2.05) is 19.9 Å². The summed E-state index contributed by atoms with van der Waals surface area (Å²) < 4.78 is 81.5. The molecule has 0 aliphatic rings. The summed E-state index contributed by atoms with van der Waals surface area (Å²) in [5.74, 6) is -0.123. The van der Waals surface area contributed by atoms with Gasteiger partial charge in [0.05, 0.1) is 0 Å². The van der Waals surface area contributed by atoms with Gasteiger partial charge in [0.2, 0.25) is 0 Å². The van der Waals surface area contributed by atoms with E-state index < -0.39 is 31.9 Å². The summed E-state index contributed by atoms with van der Waals surface area (Å²) in [6, 6.07) is 0. The van der Waals surface area contributed by atoms with Crippen LogP contribution in [0.15, 0.2) is 11.6 Å². The summed E-state index contributed by atoms with van der Waals surface area (Å²) in [5.41, 5.74) is 1.10. The molecular formula is C14H22F6O2. The Kier molecular flexibility index (Phi) is 9.07. The van der Waals surface area contributed by atoms with E-state index in [0.717, 1.165) is 5.57 Å². The van der Waals surface area contributed by atoms with Crippen LogP contribution < -0.4 is 0 Å². The minimum atomic E-state index is -4.61. The van der Waals surface area contributed by atoms with E-state index in [1.165, 1.54) is 0 Å². The highest BCUT2D eigenvalue weighted by atomic mass is 19.4. The number of rotatable bonds is 9. The van der Waals surface area contributed by atoms with Crippen LogP contribution in [0.25, 0.3) is 0 Å². The molecule has 0 aromatic carbocycles. The van der Waals surface area contributed by atoms with E-state index in [0.29, 0.717) is 12.8 Å². The minimum Gasteiger partial charge on any atom is -0.343 e. The first-order valence-corrected chi connectivity index (χ1v) is 6.89. The lowest BCUT2D eigenvalue weighted by molar-refractivity contribution is -0.262. The summed E-state index contributed by atoms with van der Waals surface area (Å²) in [6.07, 6.45) is -7.47. The number of ether oxygens (including phenoxy) is 2. The van der Waals surface area contributed by atoms with Gasteiger partial charge in [-0.05, 0) is 32.6 Å². The Bertz CT molecular complexity index is 313. The van der Waals surface area contributed by atoms with Gasteiger partial charge in [-0.15, -0.1) is 0 Å². The van der Waals surface area contributed by atoms with Crippen LogP contribution in [0.1, 0.15) is 40.0 Å². The maximum absolute atomic E-state index is 12.1. The average molecular weight is 336 g/mol. The zero-order valence-electron chi connectivity index (χ0n) is 12.9. The molecule has 2 nitrogen and oxygen atoms in total. The topological polar surface area (TPSA) is 18.5 Å². The number of hydrogen-bond acceptors (Lipinski definition) is 2. The average Bonchev–Trinajstić information content (AvgIpc) is 2.30. The van der Waals surface area contributed by atoms with Gasteiger partial charge in [-0.3, -0.25) is 0 Å². The number of allylic oxidation sites excluding steroid dienone is 2. The molecule has 1 unspecified atom stereocenters. The first-order valence-electron chi connectivity index (χ1n) is 6.89. The first kappa shape index (κ1) is 21.2. The van der Waals surface area contributed by atoms with Crippen LogP contribution in [0, 0.1) is 5.92 Å². The third-order valence-electron chi connectivity index (χ3n) is 2.67. The van der Waals surface area contributed by atoms with E-state index in [1.54, 1.807) is 6.92 Å². The predicted octanol–water partition coefficient (Wildman–Crippen LogP) is 5.24. The Morgan fingerprint density at radius 3 is 1.77 bits per heavy atom. The maximum Gasteiger partial charge on any atom is 0.411 e. The number of halogens is 6. The molecule has 0 radical (unpaired) electrons. The van der Waals surface area contributed by atoms with Gasteiger partial charge in [0.25, 0.3) is 0 Å².